The van der Waals surface area contributed by atoms with Crippen LogP contribution in [0.5, 0.6) is 0 Å². The molecule has 18 aromatic rings. The molecule has 0 spiro atoms. The Balaban J connectivity index is 0.000000141. The first-order valence-electron chi connectivity index (χ1n) is 30.8. The normalized spacial score (nSPS) is 11.5. The fourth-order valence-corrected chi connectivity index (χ4v) is 12.6. The lowest BCUT2D eigenvalue weighted by atomic mass is 9.99. The minimum Gasteiger partial charge on any atom is -0.276 e. The number of hydrogen-bond acceptors (Lipinski definition) is 6. The average molecular weight is 1180 g/mol. The van der Waals surface area contributed by atoms with Crippen LogP contribution < -0.4 is 0 Å². The molecule has 0 fully saturated rings. The van der Waals surface area contributed by atoms with Crippen LogP contribution >= 0.6 is 0 Å². The van der Waals surface area contributed by atoms with Crippen molar-refractivity contribution in [3.05, 3.63) is 328 Å². The Labute approximate surface area is 529 Å². The van der Waals surface area contributed by atoms with Gasteiger partial charge in [0.05, 0.1) is 55.5 Å². The van der Waals surface area contributed by atoms with Crippen LogP contribution in [-0.2, 0) is 0 Å². The van der Waals surface area contributed by atoms with Gasteiger partial charge in [0.25, 0.3) is 0 Å². The Morgan fingerprint density at radius 1 is 0.185 bits per heavy atom. The first-order chi connectivity index (χ1) is 45.6. The van der Waals surface area contributed by atoms with E-state index in [1.54, 1.807) is 0 Å². The molecule has 0 amide bonds. The summed E-state index contributed by atoms with van der Waals surface area (Å²) in [5.41, 5.74) is 23.3. The second-order valence-electron chi connectivity index (χ2n) is 22.8. The van der Waals surface area contributed by atoms with Gasteiger partial charge in [-0.3, -0.25) is 17.9 Å². The van der Waals surface area contributed by atoms with Gasteiger partial charge in [-0.05, 0) is 99.1 Å². The summed E-state index contributed by atoms with van der Waals surface area (Å²) in [4.78, 5) is 30.7. The molecule has 0 radical (unpaired) electrons. The second-order valence-corrected chi connectivity index (χ2v) is 22.8. The smallest absolute Gasteiger partial charge is 0.221 e. The summed E-state index contributed by atoms with van der Waals surface area (Å²) in [7, 11) is 0. The molecule has 10 nitrogen and oxygen atoms in total. The van der Waals surface area contributed by atoms with Crippen LogP contribution in [0.15, 0.2) is 328 Å². The largest absolute Gasteiger partial charge is 0.276 e. The molecular weight excluding hydrogens is 1120 g/mol. The number of nitrogens with zero attached hydrogens (tertiary/aromatic N) is 10. The fourth-order valence-electron chi connectivity index (χ4n) is 12.6. The molecule has 6 heterocycles. The molecule has 92 heavy (non-hydrogen) atoms. The maximum absolute atomic E-state index is 5.17. The molecule has 0 aliphatic heterocycles. The van der Waals surface area contributed by atoms with Crippen molar-refractivity contribution in [3.8, 4) is 101 Å². The molecule has 10 heteroatoms. The van der Waals surface area contributed by atoms with E-state index < -0.39 is 0 Å². The number of para-hydroxylation sites is 4. The van der Waals surface area contributed by atoms with E-state index in [4.69, 9.17) is 29.9 Å². The Morgan fingerprint density at radius 2 is 0.489 bits per heavy atom. The lowest BCUT2D eigenvalue weighted by Gasteiger charge is -2.11. The van der Waals surface area contributed by atoms with Crippen molar-refractivity contribution >= 4 is 55.7 Å². The number of fused-ring (bicyclic) bond motifs is 10. The summed E-state index contributed by atoms with van der Waals surface area (Å²) >= 11 is 0. The van der Waals surface area contributed by atoms with Gasteiger partial charge in [0.2, 0.25) is 11.6 Å². The van der Waals surface area contributed by atoms with E-state index in [0.717, 1.165) is 123 Å². The van der Waals surface area contributed by atoms with Crippen LogP contribution in [0.3, 0.4) is 0 Å². The second kappa shape index (κ2) is 22.8. The summed E-state index contributed by atoms with van der Waals surface area (Å²) in [5, 5.41) is 0. The maximum atomic E-state index is 5.17. The van der Waals surface area contributed by atoms with Crippen LogP contribution in [-0.4, -0.2) is 47.8 Å². The SMILES string of the molecule is c1ccc(-c2ccc(-c3ccc4c(c3)n3c5ccccc5nc3n4-c3cc(-c4ccccc4)nc(-c4ccccc4)n3)cc2)cc1.c1ccc(-c2cccc(-c3ccc4c(c3)n3c5ccccc5nc3n4-c3cc(-c4ccccc4)nc(-c4ccccc4)n3)c2)cc1. The van der Waals surface area contributed by atoms with Gasteiger partial charge in [0, 0.05) is 34.4 Å². The zero-order chi connectivity index (χ0) is 60.9. The number of aromatic nitrogens is 10. The zero-order valence-electron chi connectivity index (χ0n) is 49.6. The molecule has 0 N–H and O–H groups in total. The predicted octanol–water partition coefficient (Wildman–Crippen LogP) is 19.8. The van der Waals surface area contributed by atoms with E-state index in [9.17, 15) is 0 Å². The third kappa shape index (κ3) is 9.72. The van der Waals surface area contributed by atoms with Gasteiger partial charge < -0.3 is 0 Å². The van der Waals surface area contributed by atoms with Crippen molar-refractivity contribution in [2.45, 2.75) is 0 Å². The van der Waals surface area contributed by atoms with Gasteiger partial charge in [0.15, 0.2) is 11.6 Å². The van der Waals surface area contributed by atoms with Gasteiger partial charge in [-0.25, -0.2) is 29.9 Å². The highest BCUT2D eigenvalue weighted by Crippen LogP contribution is 2.38. The Bertz CT molecular complexity index is 5610. The molecule has 432 valence electrons. The predicted molar refractivity (Wildman–Crippen MR) is 374 cm³/mol. The van der Waals surface area contributed by atoms with Gasteiger partial charge in [0.1, 0.15) is 11.6 Å². The number of hydrogen-bond donors (Lipinski definition) is 0. The highest BCUT2D eigenvalue weighted by molar-refractivity contribution is 5.96. The van der Waals surface area contributed by atoms with Crippen LogP contribution in [0.2, 0.25) is 0 Å². The highest BCUT2D eigenvalue weighted by Gasteiger charge is 2.23. The molecule has 0 bridgehead atoms. The van der Waals surface area contributed by atoms with Crippen LogP contribution in [0, 0.1) is 0 Å². The zero-order valence-corrected chi connectivity index (χ0v) is 49.6. The molecule has 0 saturated heterocycles. The van der Waals surface area contributed by atoms with Crippen LogP contribution in [0.4, 0.5) is 0 Å². The average Bonchev–Trinajstić information content (AvgIpc) is 1.58. The van der Waals surface area contributed by atoms with E-state index in [2.05, 4.69) is 255 Å². The molecule has 6 aromatic heterocycles. The van der Waals surface area contributed by atoms with Crippen molar-refractivity contribution in [2.75, 3.05) is 0 Å². The Morgan fingerprint density at radius 3 is 0.924 bits per heavy atom. The quantitative estimate of drug-likeness (QED) is 0.135. The van der Waals surface area contributed by atoms with Crippen molar-refractivity contribution in [3.63, 3.8) is 0 Å². The molecule has 12 aromatic carbocycles. The van der Waals surface area contributed by atoms with E-state index >= 15 is 0 Å². The lowest BCUT2D eigenvalue weighted by Crippen LogP contribution is -2.03. The summed E-state index contributed by atoms with van der Waals surface area (Å²) in [6, 6.07) is 113. The van der Waals surface area contributed by atoms with Crippen molar-refractivity contribution in [1.82, 2.24) is 47.8 Å². The molecule has 0 aliphatic carbocycles. The van der Waals surface area contributed by atoms with Crippen LogP contribution in [0.25, 0.3) is 157 Å². The molecule has 0 saturated carbocycles. The third-order valence-corrected chi connectivity index (χ3v) is 17.1. The van der Waals surface area contributed by atoms with E-state index in [0.29, 0.717) is 11.6 Å². The molecule has 0 aliphatic rings. The molecular formula is C82H54N10. The van der Waals surface area contributed by atoms with E-state index in [1.807, 2.05) is 91.0 Å². The van der Waals surface area contributed by atoms with Crippen molar-refractivity contribution in [1.29, 1.82) is 0 Å². The number of imidazole rings is 4. The van der Waals surface area contributed by atoms with Gasteiger partial charge in [-0.1, -0.05) is 261 Å². The molecule has 18 rings (SSSR count). The molecule has 0 unspecified atom stereocenters. The minimum atomic E-state index is 0.669. The first-order valence-corrected chi connectivity index (χ1v) is 30.8. The summed E-state index contributed by atoms with van der Waals surface area (Å²) in [6.45, 7) is 0. The number of benzene rings is 12. The summed E-state index contributed by atoms with van der Waals surface area (Å²) in [5.74, 6) is 4.49. The minimum absolute atomic E-state index is 0.669. The Kier molecular flexibility index (Phi) is 13.3. The standard InChI is InChI=1S/2C41H27N5/c1-4-13-28(14-5-1)31-19-12-20-32(25-31)33-23-24-37-38(26-33)45-36-22-11-10-21-34(36)43-41(45)46(37)39-27-35(29-15-6-2-7-16-29)42-40(44-39)30-17-8-3-9-18-30;1-4-12-28(13-5-1)29-20-22-30(23-21-29)33-24-25-37-38(26-33)45-36-19-11-10-18-34(36)43-41(45)46(37)39-27-35(31-14-6-2-7-15-31)42-40(44-39)32-16-8-3-9-17-32/h2*1-27H. The summed E-state index contributed by atoms with van der Waals surface area (Å²) in [6.07, 6.45) is 0. The molecule has 0 atom stereocenters. The van der Waals surface area contributed by atoms with Crippen molar-refractivity contribution < 1.29 is 0 Å². The first kappa shape index (κ1) is 53.6. The summed E-state index contributed by atoms with van der Waals surface area (Å²) < 4.78 is 8.83. The van der Waals surface area contributed by atoms with Crippen LogP contribution in [0.1, 0.15) is 0 Å². The van der Waals surface area contributed by atoms with Gasteiger partial charge in [-0.2, -0.15) is 0 Å². The maximum Gasteiger partial charge on any atom is 0.221 e. The third-order valence-electron chi connectivity index (χ3n) is 17.1. The Hall–Kier alpha value is -12.7. The van der Waals surface area contributed by atoms with Crippen molar-refractivity contribution in [2.24, 2.45) is 0 Å². The fraction of sp³-hybridized carbons (Fsp3) is 0. The van der Waals surface area contributed by atoms with E-state index in [-0.39, 0.29) is 0 Å². The topological polar surface area (TPSA) is 96.0 Å². The van der Waals surface area contributed by atoms with Gasteiger partial charge >= 0.3 is 0 Å². The highest BCUT2D eigenvalue weighted by atomic mass is 15.3. The van der Waals surface area contributed by atoms with Gasteiger partial charge in [-0.15, -0.1) is 0 Å². The van der Waals surface area contributed by atoms with E-state index in [1.165, 1.54) is 22.3 Å². The number of rotatable bonds is 10. The monoisotopic (exact) mass is 1180 g/mol. The lowest BCUT2D eigenvalue weighted by molar-refractivity contribution is 1.02.